The van der Waals surface area contributed by atoms with Crippen LogP contribution in [0, 0.1) is 0 Å². The fourth-order valence-corrected chi connectivity index (χ4v) is 2.43. The number of aromatic hydroxyl groups is 1. The van der Waals surface area contributed by atoms with E-state index < -0.39 is 18.5 Å². The van der Waals surface area contributed by atoms with E-state index >= 15 is 0 Å². The van der Waals surface area contributed by atoms with Crippen molar-refractivity contribution in [2.24, 2.45) is 0 Å². The van der Waals surface area contributed by atoms with E-state index in [9.17, 15) is 14.7 Å². The molecule has 7 heteroatoms. The van der Waals surface area contributed by atoms with Gasteiger partial charge in [-0.3, -0.25) is 4.79 Å². The predicted octanol–water partition coefficient (Wildman–Crippen LogP) is 3.84. The molecular formula is C17H15BrClNO4. The highest BCUT2D eigenvalue weighted by Crippen LogP contribution is 2.22. The lowest BCUT2D eigenvalue weighted by Crippen LogP contribution is -2.31. The van der Waals surface area contributed by atoms with Crippen molar-refractivity contribution in [1.29, 1.82) is 0 Å². The van der Waals surface area contributed by atoms with Gasteiger partial charge in [0, 0.05) is 9.50 Å². The first-order chi connectivity index (χ1) is 11.4. The Hall–Kier alpha value is -2.05. The van der Waals surface area contributed by atoms with Crippen LogP contribution in [0.2, 0.25) is 5.02 Å². The number of ether oxygens (including phenoxy) is 1. The summed E-state index contributed by atoms with van der Waals surface area (Å²) in [6.45, 7) is 1.37. The maximum atomic E-state index is 11.9. The third-order valence-corrected chi connectivity index (χ3v) is 4.02. The number of carbonyl (C=O) groups is 2. The number of benzene rings is 2. The molecular weight excluding hydrogens is 398 g/mol. The van der Waals surface area contributed by atoms with Crippen LogP contribution >= 0.6 is 27.5 Å². The smallest absolute Gasteiger partial charge is 0.342 e. The second kappa shape index (κ2) is 8.17. The molecule has 24 heavy (non-hydrogen) atoms. The summed E-state index contributed by atoms with van der Waals surface area (Å²) >= 11 is 9.11. The molecule has 2 aromatic carbocycles. The van der Waals surface area contributed by atoms with E-state index in [1.54, 1.807) is 0 Å². The van der Waals surface area contributed by atoms with Gasteiger partial charge in [0.2, 0.25) is 0 Å². The van der Waals surface area contributed by atoms with Gasteiger partial charge in [0.1, 0.15) is 11.3 Å². The molecule has 0 fully saturated rings. The van der Waals surface area contributed by atoms with E-state index in [0.717, 1.165) is 10.0 Å². The monoisotopic (exact) mass is 411 g/mol. The third-order valence-electron chi connectivity index (χ3n) is 3.26. The maximum absolute atomic E-state index is 11.9. The second-order valence-corrected chi connectivity index (χ2v) is 6.43. The van der Waals surface area contributed by atoms with Gasteiger partial charge in [-0.05, 0) is 42.8 Å². The van der Waals surface area contributed by atoms with Gasteiger partial charge >= 0.3 is 5.97 Å². The Morgan fingerprint density at radius 2 is 1.92 bits per heavy atom. The van der Waals surface area contributed by atoms with Crippen molar-refractivity contribution in [2.45, 2.75) is 13.0 Å². The van der Waals surface area contributed by atoms with Crippen LogP contribution in [0.3, 0.4) is 0 Å². The number of amides is 1. The van der Waals surface area contributed by atoms with Crippen molar-refractivity contribution < 1.29 is 19.4 Å². The summed E-state index contributed by atoms with van der Waals surface area (Å²) < 4.78 is 5.85. The fourth-order valence-electron chi connectivity index (χ4n) is 2.00. The quantitative estimate of drug-likeness (QED) is 0.732. The van der Waals surface area contributed by atoms with E-state index in [-0.39, 0.29) is 22.4 Å². The minimum absolute atomic E-state index is 0.0868. The molecule has 0 heterocycles. The summed E-state index contributed by atoms with van der Waals surface area (Å²) in [5.74, 6) is -1.52. The average Bonchev–Trinajstić information content (AvgIpc) is 2.55. The molecule has 0 radical (unpaired) electrons. The van der Waals surface area contributed by atoms with Gasteiger partial charge in [0.25, 0.3) is 5.91 Å². The van der Waals surface area contributed by atoms with E-state index in [4.69, 9.17) is 16.3 Å². The van der Waals surface area contributed by atoms with Crippen molar-refractivity contribution in [1.82, 2.24) is 5.32 Å². The van der Waals surface area contributed by atoms with Gasteiger partial charge in [-0.1, -0.05) is 39.7 Å². The van der Waals surface area contributed by atoms with Gasteiger partial charge in [-0.25, -0.2) is 4.79 Å². The third kappa shape index (κ3) is 4.97. The number of carbonyl (C=O) groups excluding carboxylic acids is 2. The highest BCUT2D eigenvalue weighted by molar-refractivity contribution is 9.10. The largest absolute Gasteiger partial charge is 0.507 e. The molecule has 0 spiro atoms. The van der Waals surface area contributed by atoms with Gasteiger partial charge in [-0.15, -0.1) is 0 Å². The molecule has 0 saturated heterocycles. The molecule has 0 bridgehead atoms. The zero-order valence-corrected chi connectivity index (χ0v) is 15.1. The number of phenols is 1. The summed E-state index contributed by atoms with van der Waals surface area (Å²) in [5.41, 5.74) is 0.835. The van der Waals surface area contributed by atoms with Crippen molar-refractivity contribution in [3.8, 4) is 5.75 Å². The van der Waals surface area contributed by atoms with Crippen LogP contribution in [-0.4, -0.2) is 23.6 Å². The van der Waals surface area contributed by atoms with Crippen LogP contribution in [0.5, 0.6) is 5.75 Å². The van der Waals surface area contributed by atoms with Gasteiger partial charge in [0.15, 0.2) is 6.61 Å². The van der Waals surface area contributed by atoms with Gasteiger partial charge in [0.05, 0.1) is 6.04 Å². The Morgan fingerprint density at radius 3 is 2.58 bits per heavy atom. The van der Waals surface area contributed by atoms with Gasteiger partial charge < -0.3 is 15.2 Å². The topological polar surface area (TPSA) is 75.6 Å². The van der Waals surface area contributed by atoms with Crippen molar-refractivity contribution in [3.63, 3.8) is 0 Å². The number of esters is 1. The van der Waals surface area contributed by atoms with Crippen LogP contribution in [0.4, 0.5) is 0 Å². The number of nitrogens with one attached hydrogen (secondary N) is 1. The van der Waals surface area contributed by atoms with Crippen molar-refractivity contribution in [2.75, 3.05) is 6.61 Å². The first-order valence-corrected chi connectivity index (χ1v) is 8.24. The molecule has 2 aromatic rings. The Labute approximate surface area is 152 Å². The highest BCUT2D eigenvalue weighted by Gasteiger charge is 2.16. The van der Waals surface area contributed by atoms with Gasteiger partial charge in [-0.2, -0.15) is 0 Å². The number of halogens is 2. The lowest BCUT2D eigenvalue weighted by Gasteiger charge is -2.14. The first kappa shape index (κ1) is 18.3. The normalized spacial score (nSPS) is 11.6. The van der Waals surface area contributed by atoms with E-state index in [1.807, 2.05) is 31.2 Å². The molecule has 1 atom stereocenters. The molecule has 0 aromatic heterocycles. The number of hydrogen-bond acceptors (Lipinski definition) is 4. The number of hydrogen-bond donors (Lipinski definition) is 2. The second-order valence-electron chi connectivity index (χ2n) is 5.08. The minimum atomic E-state index is -0.818. The maximum Gasteiger partial charge on any atom is 0.342 e. The number of phenolic OH excluding ortho intramolecular Hbond substituents is 1. The molecule has 5 nitrogen and oxygen atoms in total. The summed E-state index contributed by atoms with van der Waals surface area (Å²) in [7, 11) is 0. The molecule has 0 saturated carbocycles. The Balaban J connectivity index is 1.89. The van der Waals surface area contributed by atoms with E-state index in [0.29, 0.717) is 0 Å². The molecule has 2 rings (SSSR count). The number of rotatable bonds is 5. The molecule has 0 aliphatic rings. The lowest BCUT2D eigenvalue weighted by atomic mass is 10.1. The minimum Gasteiger partial charge on any atom is -0.507 e. The summed E-state index contributed by atoms with van der Waals surface area (Å²) in [4.78, 5) is 23.8. The molecule has 0 aliphatic carbocycles. The standard InChI is InChI=1S/C17H15BrClNO4/c1-10(11-2-4-12(18)5-3-11)20-16(22)9-24-17(23)14-8-13(19)6-7-15(14)21/h2-8,10,21H,9H2,1H3,(H,20,22). The van der Waals surface area contributed by atoms with Crippen molar-refractivity contribution >= 4 is 39.4 Å². The molecule has 0 aliphatic heterocycles. The lowest BCUT2D eigenvalue weighted by molar-refractivity contribution is -0.124. The van der Waals surface area contributed by atoms with Crippen LogP contribution < -0.4 is 5.32 Å². The first-order valence-electron chi connectivity index (χ1n) is 7.07. The highest BCUT2D eigenvalue weighted by atomic mass is 79.9. The Morgan fingerprint density at radius 1 is 1.25 bits per heavy atom. The van der Waals surface area contributed by atoms with Crippen LogP contribution in [0.1, 0.15) is 28.9 Å². The van der Waals surface area contributed by atoms with Crippen LogP contribution in [0.15, 0.2) is 46.9 Å². The zero-order valence-electron chi connectivity index (χ0n) is 12.8. The van der Waals surface area contributed by atoms with E-state index in [2.05, 4.69) is 21.2 Å². The summed E-state index contributed by atoms with van der Waals surface area (Å²) in [6.07, 6.45) is 0. The fraction of sp³-hybridized carbons (Fsp3) is 0.176. The Bertz CT molecular complexity index is 749. The summed E-state index contributed by atoms with van der Waals surface area (Å²) in [5, 5.41) is 12.6. The van der Waals surface area contributed by atoms with E-state index in [1.165, 1.54) is 18.2 Å². The molecule has 126 valence electrons. The molecule has 1 unspecified atom stereocenters. The Kier molecular flexibility index (Phi) is 6.23. The van der Waals surface area contributed by atoms with Crippen molar-refractivity contribution in [3.05, 3.63) is 63.1 Å². The molecule has 2 N–H and O–H groups in total. The zero-order chi connectivity index (χ0) is 17.7. The summed E-state index contributed by atoms with van der Waals surface area (Å²) in [6, 6.07) is 11.3. The van der Waals surface area contributed by atoms with Crippen LogP contribution in [0.25, 0.3) is 0 Å². The SMILES string of the molecule is CC(NC(=O)COC(=O)c1cc(Cl)ccc1O)c1ccc(Br)cc1. The van der Waals surface area contributed by atoms with Crippen LogP contribution in [-0.2, 0) is 9.53 Å². The predicted molar refractivity (Wildman–Crippen MR) is 94.1 cm³/mol. The molecule has 1 amide bonds. The average molecular weight is 413 g/mol.